The largest absolute Gasteiger partial charge is 0.480 e. The Morgan fingerprint density at radius 3 is 2.41 bits per heavy atom. The summed E-state index contributed by atoms with van der Waals surface area (Å²) in [5.74, 6) is -1.19. The van der Waals surface area contributed by atoms with E-state index in [-0.39, 0.29) is 11.5 Å². The molecule has 0 aromatic carbocycles. The number of nitrogens with two attached hydrogens (primary N) is 1. The minimum atomic E-state index is -0.944. The third-order valence-corrected chi connectivity index (χ3v) is 2.28. The van der Waals surface area contributed by atoms with Gasteiger partial charge in [-0.05, 0) is 18.1 Å². The summed E-state index contributed by atoms with van der Waals surface area (Å²) in [5, 5.41) is 11.8. The highest BCUT2D eigenvalue weighted by Gasteiger charge is 2.21. The number of aromatic nitrogens is 1. The number of pyridine rings is 1. The number of anilines is 1. The van der Waals surface area contributed by atoms with Crippen molar-refractivity contribution in [1.82, 2.24) is 4.98 Å². The van der Waals surface area contributed by atoms with Crippen molar-refractivity contribution in [1.29, 1.82) is 0 Å². The zero-order valence-electron chi connectivity index (χ0n) is 9.68. The van der Waals surface area contributed by atoms with Crippen LogP contribution in [0.4, 0.5) is 5.82 Å². The number of hydrogen-bond acceptors (Lipinski definition) is 4. The Morgan fingerprint density at radius 2 is 2.06 bits per heavy atom. The van der Waals surface area contributed by atoms with Crippen LogP contribution in [0.5, 0.6) is 0 Å². The summed E-state index contributed by atoms with van der Waals surface area (Å²) in [5.41, 5.74) is 5.35. The highest BCUT2D eigenvalue weighted by molar-refractivity contribution is 5.92. The summed E-state index contributed by atoms with van der Waals surface area (Å²) in [6, 6.07) is 2.30. The normalized spacial score (nSPS) is 12.2. The molecule has 17 heavy (non-hydrogen) atoms. The number of rotatable bonds is 5. The molecule has 1 heterocycles. The average Bonchev–Trinajstić information content (AvgIpc) is 2.25. The molecule has 0 aliphatic rings. The second-order valence-electron chi connectivity index (χ2n) is 4.00. The Hall–Kier alpha value is -2.11. The molecule has 1 atom stereocenters. The first-order valence-electron chi connectivity index (χ1n) is 5.17. The third kappa shape index (κ3) is 3.44. The lowest BCUT2D eigenvalue weighted by atomic mass is 10.1. The Labute approximate surface area is 98.8 Å². The lowest BCUT2D eigenvalue weighted by Gasteiger charge is -2.18. The van der Waals surface area contributed by atoms with E-state index in [0.717, 1.165) is 0 Å². The molecule has 6 nitrogen and oxygen atoms in total. The van der Waals surface area contributed by atoms with Crippen molar-refractivity contribution in [3.8, 4) is 0 Å². The quantitative estimate of drug-likeness (QED) is 0.699. The molecule has 0 aliphatic carbocycles. The Balaban J connectivity index is 2.80. The molecule has 0 saturated heterocycles. The molecular formula is C11H15N3O3. The summed E-state index contributed by atoms with van der Waals surface area (Å²) in [4.78, 5) is 25.7. The van der Waals surface area contributed by atoms with Gasteiger partial charge in [-0.25, -0.2) is 9.78 Å². The maximum Gasteiger partial charge on any atom is 0.326 e. The van der Waals surface area contributed by atoms with E-state index >= 15 is 0 Å². The van der Waals surface area contributed by atoms with Crippen molar-refractivity contribution in [3.63, 3.8) is 0 Å². The lowest BCUT2D eigenvalue weighted by molar-refractivity contribution is -0.138. The van der Waals surface area contributed by atoms with Crippen LogP contribution in [0, 0.1) is 5.92 Å². The van der Waals surface area contributed by atoms with Crippen molar-refractivity contribution in [2.45, 2.75) is 19.9 Å². The predicted molar refractivity (Wildman–Crippen MR) is 62.6 cm³/mol. The fraction of sp³-hybridized carbons (Fsp3) is 0.364. The Kier molecular flexibility index (Phi) is 4.03. The fourth-order valence-corrected chi connectivity index (χ4v) is 1.30. The predicted octanol–water partition coefficient (Wildman–Crippen LogP) is 0.702. The van der Waals surface area contributed by atoms with Crippen molar-refractivity contribution < 1.29 is 14.7 Å². The number of aliphatic carboxylic acids is 1. The van der Waals surface area contributed by atoms with Gasteiger partial charge in [0.05, 0.1) is 5.56 Å². The summed E-state index contributed by atoms with van der Waals surface area (Å²) < 4.78 is 0. The molecule has 1 aromatic heterocycles. The monoisotopic (exact) mass is 237 g/mol. The molecule has 0 radical (unpaired) electrons. The van der Waals surface area contributed by atoms with Gasteiger partial charge in [0.1, 0.15) is 11.9 Å². The van der Waals surface area contributed by atoms with E-state index in [2.05, 4.69) is 10.3 Å². The van der Waals surface area contributed by atoms with Gasteiger partial charge in [0.2, 0.25) is 5.91 Å². The topological polar surface area (TPSA) is 105 Å². The fourth-order valence-electron chi connectivity index (χ4n) is 1.30. The van der Waals surface area contributed by atoms with Crippen molar-refractivity contribution in [2.24, 2.45) is 11.7 Å². The van der Waals surface area contributed by atoms with Crippen molar-refractivity contribution in [3.05, 3.63) is 23.9 Å². The van der Waals surface area contributed by atoms with Crippen LogP contribution in [0.2, 0.25) is 0 Å². The van der Waals surface area contributed by atoms with E-state index in [1.807, 2.05) is 0 Å². The van der Waals surface area contributed by atoms with Crippen LogP contribution >= 0.6 is 0 Å². The van der Waals surface area contributed by atoms with Crippen LogP contribution in [0.1, 0.15) is 24.2 Å². The lowest BCUT2D eigenvalue weighted by Crippen LogP contribution is -2.34. The van der Waals surface area contributed by atoms with Gasteiger partial charge >= 0.3 is 5.97 Å². The first-order chi connectivity index (χ1) is 7.91. The first kappa shape index (κ1) is 13.0. The van der Waals surface area contributed by atoms with Crippen LogP contribution in [0.15, 0.2) is 18.3 Å². The second kappa shape index (κ2) is 5.29. The average molecular weight is 237 g/mol. The molecule has 0 bridgehead atoms. The molecular weight excluding hydrogens is 222 g/mol. The molecule has 0 spiro atoms. The Morgan fingerprint density at radius 1 is 1.41 bits per heavy atom. The number of carbonyl (C=O) groups excluding carboxylic acids is 1. The smallest absolute Gasteiger partial charge is 0.326 e. The van der Waals surface area contributed by atoms with E-state index < -0.39 is 17.9 Å². The van der Waals surface area contributed by atoms with Gasteiger partial charge in [0, 0.05) is 6.20 Å². The molecule has 1 rings (SSSR count). The highest BCUT2D eigenvalue weighted by atomic mass is 16.4. The summed E-state index contributed by atoms with van der Waals surface area (Å²) >= 11 is 0. The van der Waals surface area contributed by atoms with Gasteiger partial charge in [-0.15, -0.1) is 0 Å². The molecule has 0 saturated carbocycles. The second-order valence-corrected chi connectivity index (χ2v) is 4.00. The van der Waals surface area contributed by atoms with E-state index in [9.17, 15) is 9.59 Å². The maximum atomic E-state index is 11.0. The van der Waals surface area contributed by atoms with Crippen LogP contribution < -0.4 is 11.1 Å². The van der Waals surface area contributed by atoms with Gasteiger partial charge in [-0.2, -0.15) is 0 Å². The van der Waals surface area contributed by atoms with Crippen molar-refractivity contribution in [2.75, 3.05) is 5.32 Å². The third-order valence-electron chi connectivity index (χ3n) is 2.28. The molecule has 0 unspecified atom stereocenters. The summed E-state index contributed by atoms with van der Waals surface area (Å²) in [6.07, 6.45) is 1.31. The molecule has 6 heteroatoms. The SMILES string of the molecule is CC(C)[C@@H](Nc1ccc(C(N)=O)cn1)C(=O)O. The van der Waals surface area contributed by atoms with E-state index in [1.54, 1.807) is 13.8 Å². The Bertz CT molecular complexity index is 414. The maximum absolute atomic E-state index is 11.0. The molecule has 4 N–H and O–H groups in total. The number of primary amides is 1. The van der Waals surface area contributed by atoms with Crippen LogP contribution in [-0.2, 0) is 4.79 Å². The first-order valence-corrected chi connectivity index (χ1v) is 5.17. The molecule has 1 amide bonds. The number of carboxylic acids is 1. The van der Waals surface area contributed by atoms with Crippen LogP contribution in [-0.4, -0.2) is 28.0 Å². The molecule has 0 aliphatic heterocycles. The molecule has 0 fully saturated rings. The minimum Gasteiger partial charge on any atom is -0.480 e. The number of carboxylic acid groups (broad SMARTS) is 1. The zero-order chi connectivity index (χ0) is 13.0. The van der Waals surface area contributed by atoms with Gasteiger partial charge in [0.15, 0.2) is 0 Å². The van der Waals surface area contributed by atoms with E-state index in [4.69, 9.17) is 10.8 Å². The standard InChI is InChI=1S/C11H15N3O3/c1-6(2)9(11(16)17)14-8-4-3-7(5-13-8)10(12)15/h3-6,9H,1-2H3,(H2,12,15)(H,13,14)(H,16,17)/t9-/m1/s1. The van der Waals surface area contributed by atoms with Crippen LogP contribution in [0.3, 0.4) is 0 Å². The number of carbonyl (C=O) groups is 2. The number of amides is 1. The molecule has 1 aromatic rings. The number of nitrogens with zero attached hydrogens (tertiary/aromatic N) is 1. The van der Waals surface area contributed by atoms with Gasteiger partial charge in [-0.3, -0.25) is 4.79 Å². The van der Waals surface area contributed by atoms with Gasteiger partial charge in [0.25, 0.3) is 0 Å². The number of nitrogens with one attached hydrogen (secondary N) is 1. The van der Waals surface area contributed by atoms with Gasteiger partial charge < -0.3 is 16.2 Å². The van der Waals surface area contributed by atoms with Crippen molar-refractivity contribution >= 4 is 17.7 Å². The van der Waals surface area contributed by atoms with Crippen LogP contribution in [0.25, 0.3) is 0 Å². The zero-order valence-corrected chi connectivity index (χ0v) is 9.68. The molecule has 92 valence electrons. The number of hydrogen-bond donors (Lipinski definition) is 3. The van der Waals surface area contributed by atoms with Gasteiger partial charge in [-0.1, -0.05) is 13.8 Å². The van der Waals surface area contributed by atoms with E-state index in [1.165, 1.54) is 18.3 Å². The highest BCUT2D eigenvalue weighted by Crippen LogP contribution is 2.11. The minimum absolute atomic E-state index is 0.0786. The summed E-state index contributed by atoms with van der Waals surface area (Å²) in [7, 11) is 0. The van der Waals surface area contributed by atoms with E-state index in [0.29, 0.717) is 5.82 Å². The summed E-state index contributed by atoms with van der Waals surface area (Å²) in [6.45, 7) is 3.59.